The van der Waals surface area contributed by atoms with Crippen LogP contribution in [0.15, 0.2) is 0 Å². The number of carbonyl (C=O) groups excluding carboxylic acids is 4. The highest BCUT2D eigenvalue weighted by Gasteiger charge is 2.28. The van der Waals surface area contributed by atoms with E-state index in [0.29, 0.717) is 32.2 Å². The van der Waals surface area contributed by atoms with E-state index in [4.69, 9.17) is 5.73 Å². The average molecular weight is 402 g/mol. The molecule has 0 saturated carbocycles. The molecule has 0 aromatic rings. The molecule has 162 valence electrons. The maximum Gasteiger partial charge on any atom is 0.245 e. The third-order valence-electron chi connectivity index (χ3n) is 4.04. The highest BCUT2D eigenvalue weighted by Crippen LogP contribution is 2.07. The Labute approximate surface area is 166 Å². The Bertz CT molecular complexity index is 526. The number of rotatable bonds is 13. The fraction of sp³-hybridized carbons (Fsp3) is 0.778. The molecule has 0 rings (SSSR count). The lowest BCUT2D eigenvalue weighted by Crippen LogP contribution is -2.57. The van der Waals surface area contributed by atoms with Gasteiger partial charge in [0, 0.05) is 14.0 Å². The fourth-order valence-corrected chi connectivity index (χ4v) is 2.62. The van der Waals surface area contributed by atoms with Gasteiger partial charge in [0.15, 0.2) is 0 Å². The molecule has 0 aromatic heterocycles. The van der Waals surface area contributed by atoms with Gasteiger partial charge in [-0.15, -0.1) is 0 Å². The largest absolute Gasteiger partial charge is 0.394 e. The van der Waals surface area contributed by atoms with Crippen LogP contribution in [0.4, 0.5) is 0 Å². The zero-order chi connectivity index (χ0) is 21.7. The van der Waals surface area contributed by atoms with Crippen molar-refractivity contribution in [1.82, 2.24) is 21.3 Å². The second kappa shape index (κ2) is 13.9. The van der Waals surface area contributed by atoms with Crippen LogP contribution in [0.1, 0.15) is 46.5 Å². The van der Waals surface area contributed by atoms with E-state index < -0.39 is 42.5 Å². The molecule has 4 amide bonds. The van der Waals surface area contributed by atoms with E-state index in [1.165, 1.54) is 14.0 Å². The molecule has 0 spiro atoms. The number of hydrogen-bond acceptors (Lipinski definition) is 6. The molecule has 3 unspecified atom stereocenters. The van der Waals surface area contributed by atoms with Gasteiger partial charge in [-0.05, 0) is 38.1 Å². The minimum absolute atomic E-state index is 0.173. The van der Waals surface area contributed by atoms with Crippen LogP contribution >= 0.6 is 0 Å². The number of nitrogens with one attached hydrogen (secondary N) is 4. The molecular formula is C18H35N5O5. The van der Waals surface area contributed by atoms with Crippen LogP contribution in [0, 0.1) is 5.92 Å². The van der Waals surface area contributed by atoms with Crippen LogP contribution in [-0.2, 0) is 19.2 Å². The normalized spacial score (nSPS) is 14.0. The Hall–Kier alpha value is -2.20. The first-order valence-electron chi connectivity index (χ1n) is 9.56. The Morgan fingerprint density at radius 2 is 1.46 bits per heavy atom. The molecule has 0 aromatic carbocycles. The second-order valence-electron chi connectivity index (χ2n) is 7.09. The molecule has 0 aliphatic heterocycles. The van der Waals surface area contributed by atoms with Crippen LogP contribution < -0.4 is 27.0 Å². The van der Waals surface area contributed by atoms with Gasteiger partial charge in [0.1, 0.15) is 18.1 Å². The highest BCUT2D eigenvalue weighted by atomic mass is 16.3. The summed E-state index contributed by atoms with van der Waals surface area (Å²) in [6.45, 7) is 4.93. The lowest BCUT2D eigenvalue weighted by atomic mass is 10.0. The van der Waals surface area contributed by atoms with Crippen molar-refractivity contribution in [2.45, 2.75) is 64.6 Å². The van der Waals surface area contributed by atoms with Gasteiger partial charge in [-0.1, -0.05) is 13.8 Å². The lowest BCUT2D eigenvalue weighted by Gasteiger charge is -2.25. The van der Waals surface area contributed by atoms with Crippen molar-refractivity contribution in [3.8, 4) is 0 Å². The molecule has 3 atom stereocenters. The molecular weight excluding hydrogens is 366 g/mol. The Morgan fingerprint density at radius 1 is 0.893 bits per heavy atom. The van der Waals surface area contributed by atoms with Gasteiger partial charge in [0.2, 0.25) is 23.6 Å². The van der Waals surface area contributed by atoms with Crippen LogP contribution in [0.5, 0.6) is 0 Å². The smallest absolute Gasteiger partial charge is 0.245 e. The summed E-state index contributed by atoms with van der Waals surface area (Å²) < 4.78 is 0. The summed E-state index contributed by atoms with van der Waals surface area (Å²) in [7, 11) is 1.49. The summed E-state index contributed by atoms with van der Waals surface area (Å²) in [4.78, 5) is 48.3. The van der Waals surface area contributed by atoms with Crippen molar-refractivity contribution >= 4 is 23.6 Å². The molecule has 0 aliphatic carbocycles. The number of unbranched alkanes of at least 4 members (excludes halogenated alkanes) is 1. The Balaban J connectivity index is 5.22. The number of aliphatic hydroxyl groups excluding tert-OH is 1. The monoisotopic (exact) mass is 401 g/mol. The number of hydrogen-bond donors (Lipinski definition) is 6. The van der Waals surface area contributed by atoms with Crippen LogP contribution in [0.2, 0.25) is 0 Å². The predicted octanol–water partition coefficient (Wildman–Crippen LogP) is -1.63. The van der Waals surface area contributed by atoms with Gasteiger partial charge in [0.25, 0.3) is 0 Å². The summed E-state index contributed by atoms with van der Waals surface area (Å²) in [6, 6.07) is -2.80. The van der Waals surface area contributed by atoms with Gasteiger partial charge in [-0.3, -0.25) is 19.2 Å². The summed E-state index contributed by atoms with van der Waals surface area (Å²) in [5.41, 5.74) is 5.49. The predicted molar refractivity (Wildman–Crippen MR) is 105 cm³/mol. The quantitative estimate of drug-likeness (QED) is 0.203. The number of aliphatic hydroxyl groups is 1. The SMILES string of the molecule is CNC(=O)C(CC(C)C)NC(=O)C(CCCCN)NC(=O)C(CO)NC(C)=O. The van der Waals surface area contributed by atoms with Gasteiger partial charge < -0.3 is 32.1 Å². The molecule has 0 saturated heterocycles. The first-order chi connectivity index (χ1) is 13.2. The summed E-state index contributed by atoms with van der Waals surface area (Å²) >= 11 is 0. The minimum atomic E-state index is -1.16. The molecule has 10 nitrogen and oxygen atoms in total. The first kappa shape index (κ1) is 25.8. The van der Waals surface area contributed by atoms with E-state index in [1.807, 2.05) is 13.8 Å². The first-order valence-corrected chi connectivity index (χ1v) is 9.56. The van der Waals surface area contributed by atoms with Gasteiger partial charge in [-0.2, -0.15) is 0 Å². The topological polar surface area (TPSA) is 163 Å². The number of amides is 4. The second-order valence-corrected chi connectivity index (χ2v) is 7.09. The standard InChI is InChI=1S/C18H35N5O5/c1-11(2)9-14(16(26)20-4)23-17(27)13(7-5-6-8-19)22-18(28)15(10-24)21-12(3)25/h11,13-15,24H,5-10,19H2,1-4H3,(H,20,26)(H,21,25)(H,22,28)(H,23,27). The molecule has 0 fully saturated rings. The third kappa shape index (κ3) is 10.2. The van der Waals surface area contributed by atoms with E-state index in [-0.39, 0.29) is 11.8 Å². The number of likely N-dealkylation sites (N-methyl/N-ethyl adjacent to an activating group) is 1. The van der Waals surface area contributed by atoms with Gasteiger partial charge in [0.05, 0.1) is 6.61 Å². The molecule has 0 heterocycles. The van der Waals surface area contributed by atoms with E-state index in [0.717, 1.165) is 0 Å². The summed E-state index contributed by atoms with van der Waals surface area (Å²) in [5, 5.41) is 19.4. The Morgan fingerprint density at radius 3 is 1.93 bits per heavy atom. The maximum absolute atomic E-state index is 12.7. The number of carbonyl (C=O) groups is 4. The van der Waals surface area contributed by atoms with E-state index in [9.17, 15) is 24.3 Å². The summed E-state index contributed by atoms with van der Waals surface area (Å²) in [5.74, 6) is -1.80. The van der Waals surface area contributed by atoms with Crippen LogP contribution in [0.25, 0.3) is 0 Å². The maximum atomic E-state index is 12.7. The van der Waals surface area contributed by atoms with Crippen molar-refractivity contribution < 1.29 is 24.3 Å². The van der Waals surface area contributed by atoms with Crippen molar-refractivity contribution in [3.63, 3.8) is 0 Å². The highest BCUT2D eigenvalue weighted by molar-refractivity contribution is 5.94. The minimum Gasteiger partial charge on any atom is -0.394 e. The zero-order valence-electron chi connectivity index (χ0n) is 17.2. The summed E-state index contributed by atoms with van der Waals surface area (Å²) in [6.07, 6.45) is 2.02. The Kier molecular flexibility index (Phi) is 12.8. The van der Waals surface area contributed by atoms with Gasteiger partial charge >= 0.3 is 0 Å². The number of nitrogens with two attached hydrogens (primary N) is 1. The molecule has 7 N–H and O–H groups in total. The zero-order valence-corrected chi connectivity index (χ0v) is 17.2. The molecule has 0 bridgehead atoms. The van der Waals surface area contributed by atoms with E-state index in [1.54, 1.807) is 0 Å². The molecule has 28 heavy (non-hydrogen) atoms. The van der Waals surface area contributed by atoms with Crippen LogP contribution in [-0.4, -0.2) is 67.1 Å². The van der Waals surface area contributed by atoms with Crippen molar-refractivity contribution in [3.05, 3.63) is 0 Å². The van der Waals surface area contributed by atoms with Crippen molar-refractivity contribution in [1.29, 1.82) is 0 Å². The van der Waals surface area contributed by atoms with Gasteiger partial charge in [-0.25, -0.2) is 0 Å². The molecule has 0 radical (unpaired) electrons. The average Bonchev–Trinajstić information content (AvgIpc) is 2.63. The van der Waals surface area contributed by atoms with Crippen molar-refractivity contribution in [2.75, 3.05) is 20.2 Å². The molecule has 10 heteroatoms. The van der Waals surface area contributed by atoms with E-state index >= 15 is 0 Å². The van der Waals surface area contributed by atoms with E-state index in [2.05, 4.69) is 21.3 Å². The van der Waals surface area contributed by atoms with Crippen molar-refractivity contribution in [2.24, 2.45) is 11.7 Å². The molecule has 0 aliphatic rings. The third-order valence-corrected chi connectivity index (χ3v) is 4.04. The fourth-order valence-electron chi connectivity index (χ4n) is 2.62. The lowest BCUT2D eigenvalue weighted by molar-refractivity contribution is -0.134. The van der Waals surface area contributed by atoms with Crippen LogP contribution in [0.3, 0.4) is 0 Å².